The molecule has 0 bridgehead atoms. The summed E-state index contributed by atoms with van der Waals surface area (Å²) in [7, 11) is 0. The van der Waals surface area contributed by atoms with Crippen molar-refractivity contribution in [2.75, 3.05) is 5.32 Å². The Bertz CT molecular complexity index is 1090. The van der Waals surface area contributed by atoms with Crippen molar-refractivity contribution in [1.82, 2.24) is 10.2 Å². The molecule has 4 rings (SSSR count). The third-order valence-electron chi connectivity index (χ3n) is 4.41. The van der Waals surface area contributed by atoms with Crippen molar-refractivity contribution in [2.24, 2.45) is 0 Å². The van der Waals surface area contributed by atoms with Gasteiger partial charge in [-0.25, -0.2) is 0 Å². The number of nitrogens with zero attached hydrogens (tertiary/aromatic N) is 2. The average Bonchev–Trinajstić information content (AvgIpc) is 2.75. The van der Waals surface area contributed by atoms with Crippen LogP contribution in [0.25, 0.3) is 22.4 Å². The number of halogens is 3. The molecule has 0 aliphatic heterocycles. The molecule has 3 aromatic carbocycles. The first-order valence-electron chi connectivity index (χ1n) is 8.93. The first kappa shape index (κ1) is 18.7. The van der Waals surface area contributed by atoms with Crippen molar-refractivity contribution in [3.8, 4) is 22.4 Å². The van der Waals surface area contributed by atoms with E-state index in [0.29, 0.717) is 11.5 Å². The van der Waals surface area contributed by atoms with E-state index in [9.17, 15) is 13.2 Å². The summed E-state index contributed by atoms with van der Waals surface area (Å²) in [5, 5.41) is 11.6. The van der Waals surface area contributed by atoms with Gasteiger partial charge in [0.15, 0.2) is 5.82 Å². The zero-order valence-electron chi connectivity index (χ0n) is 15.2. The lowest BCUT2D eigenvalue weighted by Gasteiger charge is -2.12. The molecule has 4 aromatic rings. The highest BCUT2D eigenvalue weighted by Crippen LogP contribution is 2.33. The maximum atomic E-state index is 12.7. The fourth-order valence-electron chi connectivity index (χ4n) is 2.99. The lowest BCUT2D eigenvalue weighted by Crippen LogP contribution is -2.04. The van der Waals surface area contributed by atoms with Gasteiger partial charge in [0.1, 0.15) is 5.69 Å². The summed E-state index contributed by atoms with van der Waals surface area (Å²) in [5.41, 5.74) is 3.31. The van der Waals surface area contributed by atoms with Crippen LogP contribution < -0.4 is 5.32 Å². The minimum Gasteiger partial charge on any atom is -0.339 e. The van der Waals surface area contributed by atoms with E-state index in [2.05, 4.69) is 15.5 Å². The SMILES string of the molecule is FC(F)(F)c1ccc(Nc2cc(-c3ccccc3)c(-c3ccccc3)nn2)cc1. The molecule has 0 amide bonds. The van der Waals surface area contributed by atoms with E-state index in [1.54, 1.807) is 0 Å². The van der Waals surface area contributed by atoms with E-state index < -0.39 is 11.7 Å². The number of alkyl halides is 3. The van der Waals surface area contributed by atoms with Crippen LogP contribution in [0.15, 0.2) is 91.0 Å². The molecule has 0 saturated carbocycles. The van der Waals surface area contributed by atoms with E-state index in [4.69, 9.17) is 0 Å². The van der Waals surface area contributed by atoms with Gasteiger partial charge in [0.05, 0.1) is 5.56 Å². The van der Waals surface area contributed by atoms with Crippen LogP contribution in [0.5, 0.6) is 0 Å². The van der Waals surface area contributed by atoms with Crippen LogP contribution >= 0.6 is 0 Å². The van der Waals surface area contributed by atoms with Gasteiger partial charge in [0, 0.05) is 16.8 Å². The lowest BCUT2D eigenvalue weighted by molar-refractivity contribution is -0.137. The molecular formula is C23H16F3N3. The molecule has 0 aliphatic rings. The van der Waals surface area contributed by atoms with Gasteiger partial charge < -0.3 is 5.32 Å². The Balaban J connectivity index is 1.71. The number of hydrogen-bond acceptors (Lipinski definition) is 3. The summed E-state index contributed by atoms with van der Waals surface area (Å²) < 4.78 is 38.2. The predicted octanol–water partition coefficient (Wildman–Crippen LogP) is 6.57. The van der Waals surface area contributed by atoms with Crippen molar-refractivity contribution in [2.45, 2.75) is 6.18 Å². The van der Waals surface area contributed by atoms with E-state index >= 15 is 0 Å². The largest absolute Gasteiger partial charge is 0.416 e. The number of nitrogens with one attached hydrogen (secondary N) is 1. The number of aromatic nitrogens is 2. The zero-order valence-corrected chi connectivity index (χ0v) is 15.2. The van der Waals surface area contributed by atoms with Crippen molar-refractivity contribution in [1.29, 1.82) is 0 Å². The highest BCUT2D eigenvalue weighted by Gasteiger charge is 2.29. The van der Waals surface area contributed by atoms with Gasteiger partial charge in [-0.15, -0.1) is 10.2 Å². The maximum Gasteiger partial charge on any atom is 0.416 e. The maximum absolute atomic E-state index is 12.7. The second kappa shape index (κ2) is 7.75. The molecule has 1 aromatic heterocycles. The molecule has 0 atom stereocenters. The van der Waals surface area contributed by atoms with E-state index in [1.165, 1.54) is 12.1 Å². The van der Waals surface area contributed by atoms with Crippen LogP contribution in [-0.4, -0.2) is 10.2 Å². The van der Waals surface area contributed by atoms with Crippen molar-refractivity contribution in [3.63, 3.8) is 0 Å². The molecule has 6 heteroatoms. The summed E-state index contributed by atoms with van der Waals surface area (Å²) in [6, 6.07) is 26.1. The summed E-state index contributed by atoms with van der Waals surface area (Å²) in [4.78, 5) is 0. The molecule has 0 spiro atoms. The second-order valence-electron chi connectivity index (χ2n) is 6.42. The normalized spacial score (nSPS) is 11.3. The average molecular weight is 391 g/mol. The van der Waals surface area contributed by atoms with Crippen molar-refractivity contribution >= 4 is 11.5 Å². The Labute approximate surface area is 165 Å². The monoisotopic (exact) mass is 391 g/mol. The molecule has 0 unspecified atom stereocenters. The smallest absolute Gasteiger partial charge is 0.339 e. The molecule has 3 nitrogen and oxygen atoms in total. The number of anilines is 2. The van der Waals surface area contributed by atoms with Crippen LogP contribution in [0.2, 0.25) is 0 Å². The minimum absolute atomic E-state index is 0.447. The van der Waals surface area contributed by atoms with Crippen LogP contribution in [0.3, 0.4) is 0 Å². The fourth-order valence-corrected chi connectivity index (χ4v) is 2.99. The second-order valence-corrected chi connectivity index (χ2v) is 6.42. The summed E-state index contributed by atoms with van der Waals surface area (Å²) >= 11 is 0. The first-order valence-corrected chi connectivity index (χ1v) is 8.93. The lowest BCUT2D eigenvalue weighted by atomic mass is 10.00. The Kier molecular flexibility index (Phi) is 4.99. The van der Waals surface area contributed by atoms with Gasteiger partial charge in [-0.3, -0.25) is 0 Å². The van der Waals surface area contributed by atoms with Gasteiger partial charge in [-0.2, -0.15) is 13.2 Å². The Hall–Kier alpha value is -3.67. The molecule has 0 fully saturated rings. The van der Waals surface area contributed by atoms with Crippen LogP contribution in [0.1, 0.15) is 5.56 Å². The molecule has 29 heavy (non-hydrogen) atoms. The van der Waals surface area contributed by atoms with Crippen LogP contribution in [-0.2, 0) is 6.18 Å². The molecule has 144 valence electrons. The fraction of sp³-hybridized carbons (Fsp3) is 0.0435. The molecule has 0 radical (unpaired) electrons. The van der Waals surface area contributed by atoms with Crippen molar-refractivity contribution < 1.29 is 13.2 Å². The number of rotatable bonds is 4. The zero-order chi connectivity index (χ0) is 20.3. The van der Waals surface area contributed by atoms with E-state index in [0.717, 1.165) is 34.5 Å². The number of benzene rings is 3. The molecule has 0 aliphatic carbocycles. The first-order chi connectivity index (χ1) is 14.0. The summed E-state index contributed by atoms with van der Waals surface area (Å²) in [6.07, 6.45) is -4.36. The Morgan fingerprint density at radius 2 is 1.24 bits per heavy atom. The van der Waals surface area contributed by atoms with Crippen molar-refractivity contribution in [3.05, 3.63) is 96.6 Å². The van der Waals surface area contributed by atoms with E-state index in [1.807, 2.05) is 66.7 Å². The summed E-state index contributed by atoms with van der Waals surface area (Å²) in [5.74, 6) is 0.447. The van der Waals surface area contributed by atoms with Gasteiger partial charge in [-0.1, -0.05) is 60.7 Å². The van der Waals surface area contributed by atoms with E-state index in [-0.39, 0.29) is 0 Å². The van der Waals surface area contributed by atoms with Gasteiger partial charge >= 0.3 is 6.18 Å². The standard InChI is InChI=1S/C23H16F3N3/c24-23(25,26)18-11-13-19(14-12-18)27-21-15-20(16-7-3-1-4-8-16)22(29-28-21)17-9-5-2-6-10-17/h1-15H,(H,27,28). The van der Waals surface area contributed by atoms with Gasteiger partial charge in [0.25, 0.3) is 0 Å². The minimum atomic E-state index is -4.36. The molecule has 1 heterocycles. The van der Waals surface area contributed by atoms with Gasteiger partial charge in [-0.05, 0) is 35.9 Å². The molecule has 0 saturated heterocycles. The Morgan fingerprint density at radius 1 is 0.655 bits per heavy atom. The van der Waals surface area contributed by atoms with Crippen LogP contribution in [0.4, 0.5) is 24.7 Å². The highest BCUT2D eigenvalue weighted by atomic mass is 19.4. The molecular weight excluding hydrogens is 375 g/mol. The quantitative estimate of drug-likeness (QED) is 0.427. The highest BCUT2D eigenvalue weighted by molar-refractivity contribution is 5.82. The van der Waals surface area contributed by atoms with Crippen LogP contribution in [0, 0.1) is 0 Å². The number of hydrogen-bond donors (Lipinski definition) is 1. The topological polar surface area (TPSA) is 37.8 Å². The third kappa shape index (κ3) is 4.27. The predicted molar refractivity (Wildman–Crippen MR) is 108 cm³/mol. The molecule has 1 N–H and O–H groups in total. The van der Waals surface area contributed by atoms with Gasteiger partial charge in [0.2, 0.25) is 0 Å². The summed E-state index contributed by atoms with van der Waals surface area (Å²) in [6.45, 7) is 0. The third-order valence-corrected chi connectivity index (χ3v) is 4.41. The Morgan fingerprint density at radius 3 is 1.83 bits per heavy atom.